The highest BCUT2D eigenvalue weighted by Gasteiger charge is 2.50. The lowest BCUT2D eigenvalue weighted by Crippen LogP contribution is -2.62. The predicted octanol–water partition coefficient (Wildman–Crippen LogP) is 5.05. The molecule has 1 N–H and O–H groups in total. The van der Waals surface area contributed by atoms with Gasteiger partial charge in [-0.15, -0.1) is 0 Å². The van der Waals surface area contributed by atoms with Gasteiger partial charge in [-0.1, -0.05) is 91.0 Å². The molecule has 1 heterocycles. The molecular weight excluding hydrogens is 496 g/mol. The van der Waals surface area contributed by atoms with Crippen LogP contribution in [0.4, 0.5) is 0 Å². The monoisotopic (exact) mass is 534 g/mol. The first-order valence-corrected chi connectivity index (χ1v) is 13.3. The van der Waals surface area contributed by atoms with Crippen LogP contribution in [0.15, 0.2) is 91.0 Å². The van der Waals surface area contributed by atoms with Crippen molar-refractivity contribution in [3.63, 3.8) is 0 Å². The number of hydrogen-bond donors (Lipinski definition) is 1. The number of aliphatic hydroxyl groups is 1. The van der Waals surface area contributed by atoms with Gasteiger partial charge in [-0.2, -0.15) is 0 Å². The van der Waals surface area contributed by atoms with Crippen LogP contribution in [-0.2, 0) is 48.3 Å². The number of aliphatic hydroxyl groups excluding tert-OH is 1. The van der Waals surface area contributed by atoms with Crippen LogP contribution in [0.3, 0.4) is 0 Å². The third kappa shape index (κ3) is 8.46. The van der Waals surface area contributed by atoms with Crippen molar-refractivity contribution in [3.8, 4) is 0 Å². The number of benzene rings is 3. The standard InChI is InChI=1S/C32H38O7/c1-32(2,3)31(34)39-29-28(37-21-25-17-11-6-12-18-25)27(36-20-24-15-9-5-10-16-24)26(38-30(29)33)22-35-19-23-13-7-4-8-14-23/h4-18,26-30,33H,19-22H2,1-3H3/t26-,27-,28+,29-,30-/m1/s1. The Labute approximate surface area is 230 Å². The van der Waals surface area contributed by atoms with Gasteiger partial charge < -0.3 is 28.8 Å². The molecule has 1 aliphatic heterocycles. The lowest BCUT2D eigenvalue weighted by molar-refractivity contribution is -0.311. The van der Waals surface area contributed by atoms with Gasteiger partial charge >= 0.3 is 5.97 Å². The van der Waals surface area contributed by atoms with E-state index < -0.39 is 42.1 Å². The maximum Gasteiger partial charge on any atom is 0.311 e. The first-order chi connectivity index (χ1) is 18.8. The van der Waals surface area contributed by atoms with E-state index in [1.165, 1.54) is 0 Å². The van der Waals surface area contributed by atoms with Crippen LogP contribution in [0.1, 0.15) is 37.5 Å². The van der Waals surface area contributed by atoms with Crippen molar-refractivity contribution >= 4 is 5.97 Å². The average Bonchev–Trinajstić information content (AvgIpc) is 2.94. The summed E-state index contributed by atoms with van der Waals surface area (Å²) in [5, 5.41) is 11.1. The van der Waals surface area contributed by atoms with Crippen molar-refractivity contribution in [1.82, 2.24) is 0 Å². The van der Waals surface area contributed by atoms with Gasteiger partial charge in [-0.25, -0.2) is 0 Å². The summed E-state index contributed by atoms with van der Waals surface area (Å²) in [7, 11) is 0. The highest BCUT2D eigenvalue weighted by Crippen LogP contribution is 2.31. The van der Waals surface area contributed by atoms with Gasteiger partial charge in [0.2, 0.25) is 0 Å². The lowest BCUT2D eigenvalue weighted by atomic mass is 9.95. The zero-order valence-corrected chi connectivity index (χ0v) is 22.8. The Morgan fingerprint density at radius 1 is 0.718 bits per heavy atom. The van der Waals surface area contributed by atoms with Crippen molar-refractivity contribution in [2.75, 3.05) is 6.61 Å². The van der Waals surface area contributed by atoms with Crippen LogP contribution in [-0.4, -0.2) is 48.4 Å². The van der Waals surface area contributed by atoms with Gasteiger partial charge in [-0.05, 0) is 37.5 Å². The molecular formula is C32H38O7. The molecule has 0 aromatic heterocycles. The van der Waals surface area contributed by atoms with Crippen LogP contribution < -0.4 is 0 Å². The fraction of sp³-hybridized carbons (Fsp3) is 0.406. The van der Waals surface area contributed by atoms with Gasteiger partial charge in [0.1, 0.15) is 18.3 Å². The summed E-state index contributed by atoms with van der Waals surface area (Å²) in [6.07, 6.45) is -4.68. The molecule has 39 heavy (non-hydrogen) atoms. The van der Waals surface area contributed by atoms with E-state index in [2.05, 4.69) is 0 Å². The summed E-state index contributed by atoms with van der Waals surface area (Å²) < 4.78 is 30.6. The van der Waals surface area contributed by atoms with Crippen molar-refractivity contribution in [2.45, 2.75) is 71.3 Å². The Balaban J connectivity index is 1.57. The third-order valence-corrected chi connectivity index (χ3v) is 6.43. The third-order valence-electron chi connectivity index (χ3n) is 6.43. The highest BCUT2D eigenvalue weighted by atomic mass is 16.7. The molecule has 1 fully saturated rings. The molecule has 5 atom stereocenters. The fourth-order valence-electron chi connectivity index (χ4n) is 4.25. The van der Waals surface area contributed by atoms with E-state index in [0.29, 0.717) is 6.61 Å². The van der Waals surface area contributed by atoms with Crippen LogP contribution in [0.25, 0.3) is 0 Å². The van der Waals surface area contributed by atoms with E-state index in [1.807, 2.05) is 91.0 Å². The molecule has 208 valence electrons. The van der Waals surface area contributed by atoms with Gasteiger partial charge in [0, 0.05) is 0 Å². The first kappa shape index (κ1) is 28.9. The van der Waals surface area contributed by atoms with Gasteiger partial charge in [-0.3, -0.25) is 4.79 Å². The first-order valence-electron chi connectivity index (χ1n) is 13.3. The Bertz CT molecular complexity index is 1130. The van der Waals surface area contributed by atoms with Crippen molar-refractivity contribution in [3.05, 3.63) is 108 Å². The Hall–Kier alpha value is -3.07. The second kappa shape index (κ2) is 13.8. The normalized spacial score (nSPS) is 23.3. The largest absolute Gasteiger partial charge is 0.454 e. The molecule has 3 aromatic rings. The zero-order valence-electron chi connectivity index (χ0n) is 22.8. The Morgan fingerprint density at radius 3 is 1.67 bits per heavy atom. The summed E-state index contributed by atoms with van der Waals surface area (Å²) >= 11 is 0. The molecule has 1 saturated heterocycles. The topological polar surface area (TPSA) is 83.5 Å². The molecule has 1 aliphatic rings. The Morgan fingerprint density at radius 2 is 1.18 bits per heavy atom. The quantitative estimate of drug-likeness (QED) is 0.345. The molecule has 3 aromatic carbocycles. The van der Waals surface area contributed by atoms with E-state index in [0.717, 1.165) is 16.7 Å². The summed E-state index contributed by atoms with van der Waals surface area (Å²) in [6.45, 7) is 6.32. The van der Waals surface area contributed by atoms with Crippen molar-refractivity contribution < 1.29 is 33.6 Å². The van der Waals surface area contributed by atoms with Crippen LogP contribution in [0.2, 0.25) is 0 Å². The average molecular weight is 535 g/mol. The molecule has 7 nitrogen and oxygen atoms in total. The second-order valence-corrected chi connectivity index (χ2v) is 10.7. The van der Waals surface area contributed by atoms with Crippen molar-refractivity contribution in [2.24, 2.45) is 5.41 Å². The minimum atomic E-state index is -1.42. The lowest BCUT2D eigenvalue weighted by Gasteiger charge is -2.44. The van der Waals surface area contributed by atoms with Gasteiger partial charge in [0.05, 0.1) is 31.8 Å². The predicted molar refractivity (Wildman–Crippen MR) is 146 cm³/mol. The van der Waals surface area contributed by atoms with Crippen LogP contribution in [0.5, 0.6) is 0 Å². The van der Waals surface area contributed by atoms with E-state index in [4.69, 9.17) is 23.7 Å². The number of esters is 1. The number of carbonyl (C=O) groups excluding carboxylic acids is 1. The molecule has 4 rings (SSSR count). The SMILES string of the molecule is CC(C)(C)C(=O)O[C@@H]1[C@@H](OCc2ccccc2)[C@H](OCc2ccccc2)[C@@H](COCc2ccccc2)O[C@H]1O. The van der Waals surface area contributed by atoms with Crippen molar-refractivity contribution in [1.29, 1.82) is 0 Å². The number of carbonyl (C=O) groups is 1. The fourth-order valence-corrected chi connectivity index (χ4v) is 4.25. The van der Waals surface area contributed by atoms with E-state index >= 15 is 0 Å². The van der Waals surface area contributed by atoms with Gasteiger partial charge in [0.25, 0.3) is 0 Å². The number of hydrogen-bond acceptors (Lipinski definition) is 7. The molecule has 7 heteroatoms. The number of ether oxygens (including phenoxy) is 5. The smallest absolute Gasteiger partial charge is 0.311 e. The summed E-state index contributed by atoms with van der Waals surface area (Å²) in [4.78, 5) is 12.9. The van der Waals surface area contributed by atoms with Crippen LogP contribution in [0, 0.1) is 5.41 Å². The summed E-state index contributed by atoms with van der Waals surface area (Å²) in [5.41, 5.74) is 2.15. The van der Waals surface area contributed by atoms with E-state index in [1.54, 1.807) is 20.8 Å². The maximum absolute atomic E-state index is 12.9. The highest BCUT2D eigenvalue weighted by molar-refractivity contribution is 5.75. The molecule has 0 unspecified atom stereocenters. The molecule has 0 radical (unpaired) electrons. The molecule has 0 spiro atoms. The molecule has 0 bridgehead atoms. The summed E-state index contributed by atoms with van der Waals surface area (Å²) in [5.74, 6) is -0.468. The molecule has 0 saturated carbocycles. The van der Waals surface area contributed by atoms with E-state index in [-0.39, 0.29) is 19.8 Å². The van der Waals surface area contributed by atoms with E-state index in [9.17, 15) is 9.90 Å². The Kier molecular flexibility index (Phi) is 10.3. The second-order valence-electron chi connectivity index (χ2n) is 10.7. The van der Waals surface area contributed by atoms with Gasteiger partial charge in [0.15, 0.2) is 12.4 Å². The maximum atomic E-state index is 12.9. The zero-order chi connectivity index (χ0) is 27.7. The minimum Gasteiger partial charge on any atom is -0.454 e. The minimum absolute atomic E-state index is 0.149. The molecule has 0 amide bonds. The number of rotatable bonds is 11. The van der Waals surface area contributed by atoms with Crippen LogP contribution >= 0.6 is 0 Å². The summed E-state index contributed by atoms with van der Waals surface area (Å²) in [6, 6.07) is 29.3. The molecule has 0 aliphatic carbocycles.